The first-order valence-electron chi connectivity index (χ1n) is 14.7. The molecule has 242 valence electrons. The molecule has 13 heteroatoms. The summed E-state index contributed by atoms with van der Waals surface area (Å²) in [5.41, 5.74) is 5.89. The highest BCUT2D eigenvalue weighted by atomic mass is 35.5. The van der Waals surface area contributed by atoms with Gasteiger partial charge in [0.1, 0.15) is 34.5 Å². The van der Waals surface area contributed by atoms with E-state index < -0.39 is 0 Å². The molecule has 2 aliphatic heterocycles. The van der Waals surface area contributed by atoms with Crippen molar-refractivity contribution in [3.05, 3.63) is 96.1 Å². The molecule has 0 spiro atoms. The molecule has 0 unspecified atom stereocenters. The fraction of sp³-hybridized carbons (Fsp3) is 0.176. The summed E-state index contributed by atoms with van der Waals surface area (Å²) in [4.78, 5) is 17.5. The van der Waals surface area contributed by atoms with Crippen LogP contribution in [0.15, 0.2) is 105 Å². The summed E-state index contributed by atoms with van der Waals surface area (Å²) in [6.07, 6.45) is 0. The molecule has 4 aromatic carbocycles. The van der Waals surface area contributed by atoms with Crippen molar-refractivity contribution in [1.29, 1.82) is 0 Å². The molecule has 12 nitrogen and oxygen atoms in total. The summed E-state index contributed by atoms with van der Waals surface area (Å²) < 4.78 is 11.2. The van der Waals surface area contributed by atoms with Gasteiger partial charge in [0.2, 0.25) is 0 Å². The van der Waals surface area contributed by atoms with E-state index in [1.165, 1.54) is 0 Å². The largest absolute Gasteiger partial charge is 0.494 e. The zero-order valence-corrected chi connectivity index (χ0v) is 26.6. The topological polar surface area (TPSA) is 156 Å². The summed E-state index contributed by atoms with van der Waals surface area (Å²) in [6, 6.07) is 25.4. The molecule has 0 radical (unpaired) electrons. The molecule has 0 aliphatic carbocycles. The maximum Gasteiger partial charge on any atom is 0.292 e. The minimum absolute atomic E-state index is 0. The molecular weight excluding hydrogens is 620 g/mol. The zero-order chi connectivity index (χ0) is 31.9. The van der Waals surface area contributed by atoms with Crippen LogP contribution < -0.4 is 30.7 Å². The maximum atomic E-state index is 10.5. The maximum absolute atomic E-state index is 10.5. The number of benzene rings is 4. The molecule has 4 aromatic rings. The molecule has 0 atom stereocenters. The van der Waals surface area contributed by atoms with Crippen LogP contribution in [0.5, 0.6) is 11.5 Å². The van der Waals surface area contributed by atoms with Gasteiger partial charge in [-0.25, -0.2) is 0 Å². The second-order valence-corrected chi connectivity index (χ2v) is 10.4. The number of aliphatic hydroxyl groups is 2. The predicted molar refractivity (Wildman–Crippen MR) is 191 cm³/mol. The van der Waals surface area contributed by atoms with Crippen molar-refractivity contribution in [2.75, 3.05) is 51.0 Å². The van der Waals surface area contributed by atoms with E-state index in [4.69, 9.17) is 9.47 Å². The molecule has 0 saturated heterocycles. The van der Waals surface area contributed by atoms with Gasteiger partial charge < -0.3 is 41.0 Å². The number of nitrogens with zero attached hydrogens (tertiary/aromatic N) is 4. The van der Waals surface area contributed by atoms with E-state index in [-0.39, 0.29) is 24.5 Å². The average molecular weight is 655 g/mol. The van der Waals surface area contributed by atoms with E-state index in [0.717, 1.165) is 60.1 Å². The molecule has 6 rings (SSSR count). The van der Waals surface area contributed by atoms with Crippen molar-refractivity contribution in [2.45, 2.75) is 0 Å². The number of hydrogen-bond donors (Lipinski definition) is 6. The normalized spacial score (nSPS) is 14.3. The van der Waals surface area contributed by atoms with Gasteiger partial charge in [0.15, 0.2) is 0 Å². The first-order valence-corrected chi connectivity index (χ1v) is 14.7. The lowest BCUT2D eigenvalue weighted by Crippen LogP contribution is -2.19. The quantitative estimate of drug-likeness (QED) is 0.0976. The molecule has 0 amide bonds. The summed E-state index contributed by atoms with van der Waals surface area (Å²) in [5.74, 6) is 2.68. The number of aliphatic hydroxyl groups excluding tert-OH is 2. The Morgan fingerprint density at radius 1 is 0.617 bits per heavy atom. The second-order valence-electron chi connectivity index (χ2n) is 10.4. The van der Waals surface area contributed by atoms with Crippen LogP contribution in [0.3, 0.4) is 0 Å². The van der Waals surface area contributed by atoms with Crippen LogP contribution in [0.2, 0.25) is 0 Å². The van der Waals surface area contributed by atoms with Gasteiger partial charge in [-0.2, -0.15) is 9.98 Å². The van der Waals surface area contributed by atoms with Crippen LogP contribution in [0, 0.1) is 0 Å². The Morgan fingerprint density at radius 2 is 1.00 bits per heavy atom. The lowest BCUT2D eigenvalue weighted by atomic mass is 10.0. The van der Waals surface area contributed by atoms with Gasteiger partial charge in [0, 0.05) is 35.6 Å². The first kappa shape index (κ1) is 32.6. The highest BCUT2D eigenvalue weighted by Crippen LogP contribution is 2.37. The zero-order valence-electron chi connectivity index (χ0n) is 25.8. The van der Waals surface area contributed by atoms with Gasteiger partial charge in [0.25, 0.3) is 12.0 Å². The minimum Gasteiger partial charge on any atom is -0.494 e. The Kier molecular flexibility index (Phi) is 10.4. The van der Waals surface area contributed by atoms with Crippen LogP contribution in [0.25, 0.3) is 11.1 Å². The summed E-state index contributed by atoms with van der Waals surface area (Å²) >= 11 is 0. The van der Waals surface area contributed by atoms with Crippen molar-refractivity contribution < 1.29 is 19.7 Å². The number of halogens is 1. The van der Waals surface area contributed by atoms with Crippen LogP contribution in [0.4, 0.5) is 22.7 Å². The number of methoxy groups -OCH3 is 2. The molecule has 6 N–H and O–H groups in total. The number of ether oxygens (including phenoxy) is 2. The first-order chi connectivity index (χ1) is 22.5. The SMILES string of the molecule is COc1cc(-c2ccc(N=C(O)Nc3ccc(C4=NCCN4)cc3)c(OC)c2)ccc1N=C(O)Nc1ccc(C2=NCCN2)cc1.Cl. The third-order valence-electron chi connectivity index (χ3n) is 7.32. The minimum atomic E-state index is -0.274. The monoisotopic (exact) mass is 654 g/mol. The molecule has 2 heterocycles. The molecule has 0 aromatic heterocycles. The lowest BCUT2D eigenvalue weighted by Gasteiger charge is -2.12. The third kappa shape index (κ3) is 7.92. The lowest BCUT2D eigenvalue weighted by molar-refractivity contribution is 0.415. The van der Waals surface area contributed by atoms with Crippen LogP contribution in [-0.2, 0) is 0 Å². The molecule has 0 fully saturated rings. The van der Waals surface area contributed by atoms with E-state index >= 15 is 0 Å². The van der Waals surface area contributed by atoms with E-state index in [1.807, 2.05) is 72.8 Å². The fourth-order valence-electron chi connectivity index (χ4n) is 5.05. The van der Waals surface area contributed by atoms with Gasteiger partial charge in [0.05, 0.1) is 27.3 Å². The summed E-state index contributed by atoms with van der Waals surface area (Å²) in [7, 11) is 3.09. The Hall–Kier alpha value is -5.75. The van der Waals surface area contributed by atoms with Crippen molar-refractivity contribution in [2.24, 2.45) is 20.0 Å². The van der Waals surface area contributed by atoms with E-state index in [0.29, 0.717) is 34.2 Å². The van der Waals surface area contributed by atoms with Gasteiger partial charge in [-0.3, -0.25) is 9.98 Å². The molecule has 0 saturated carbocycles. The molecule has 0 bridgehead atoms. The smallest absolute Gasteiger partial charge is 0.292 e. The van der Waals surface area contributed by atoms with Gasteiger partial charge >= 0.3 is 0 Å². The predicted octanol–water partition coefficient (Wildman–Crippen LogP) is 5.81. The van der Waals surface area contributed by atoms with Gasteiger partial charge in [-0.1, -0.05) is 12.1 Å². The Morgan fingerprint density at radius 3 is 1.34 bits per heavy atom. The van der Waals surface area contributed by atoms with Crippen LogP contribution >= 0.6 is 12.4 Å². The Balaban J connectivity index is 0.00000433. The van der Waals surface area contributed by atoms with Crippen molar-refractivity contribution >= 4 is 58.9 Å². The van der Waals surface area contributed by atoms with Crippen LogP contribution in [-0.4, -0.2) is 74.3 Å². The summed E-state index contributed by atoms with van der Waals surface area (Å²) in [6.45, 7) is 3.21. The van der Waals surface area contributed by atoms with E-state index in [2.05, 4.69) is 41.2 Å². The fourth-order valence-corrected chi connectivity index (χ4v) is 5.05. The number of anilines is 2. The van der Waals surface area contributed by atoms with Crippen molar-refractivity contribution in [3.8, 4) is 22.6 Å². The number of rotatable bonds is 9. The van der Waals surface area contributed by atoms with Crippen LogP contribution in [0.1, 0.15) is 11.1 Å². The number of aliphatic imine (C=N–C) groups is 4. The number of nitrogens with one attached hydrogen (secondary N) is 4. The number of amidine groups is 4. The standard InChI is InChI=1S/C34H34N8O4.ClH/c1-45-29-19-23(7-13-27(29)41-33(43)39-25-9-3-21(4-10-25)31-35-15-16-36-31)24-8-14-28(30(20-24)46-2)42-34(44)40-26-11-5-22(6-12-26)32-37-17-18-38-32;/h3-14,19-20H,15-18H2,1-2H3,(H,35,36)(H,37,38)(H2,39,41,43)(H2,40,42,44);1H. The molecule has 47 heavy (non-hydrogen) atoms. The van der Waals surface area contributed by atoms with Gasteiger partial charge in [-0.05, 0) is 83.9 Å². The third-order valence-corrected chi connectivity index (χ3v) is 7.32. The second kappa shape index (κ2) is 15.0. The highest BCUT2D eigenvalue weighted by Gasteiger charge is 2.13. The number of hydrogen-bond acceptors (Lipinski definition) is 8. The molecule has 2 aliphatic rings. The van der Waals surface area contributed by atoms with Crippen molar-refractivity contribution in [1.82, 2.24) is 10.6 Å². The summed E-state index contributed by atoms with van der Waals surface area (Å²) in [5, 5.41) is 33.4. The van der Waals surface area contributed by atoms with E-state index in [1.54, 1.807) is 26.4 Å². The van der Waals surface area contributed by atoms with Gasteiger partial charge in [-0.15, -0.1) is 12.4 Å². The van der Waals surface area contributed by atoms with Crippen molar-refractivity contribution in [3.63, 3.8) is 0 Å². The van der Waals surface area contributed by atoms with E-state index in [9.17, 15) is 10.2 Å². The Labute approximate surface area is 278 Å². The highest BCUT2D eigenvalue weighted by molar-refractivity contribution is 6.01. The average Bonchev–Trinajstić information content (AvgIpc) is 3.82. The Bertz CT molecular complexity index is 1710. The molecular formula is C34H35ClN8O4.